The maximum Gasteiger partial charge on any atom is 0.326 e. The number of aliphatic carboxylic acids is 2. The van der Waals surface area contributed by atoms with Crippen molar-refractivity contribution in [3.05, 3.63) is 108 Å². The van der Waals surface area contributed by atoms with Gasteiger partial charge in [0, 0.05) is 5.92 Å². The van der Waals surface area contributed by atoms with Crippen molar-refractivity contribution in [2.24, 2.45) is 11.8 Å². The summed E-state index contributed by atoms with van der Waals surface area (Å²) in [6.07, 6.45) is 1.49. The molecule has 3 aromatic carbocycles. The van der Waals surface area contributed by atoms with Gasteiger partial charge in [-0.1, -0.05) is 91.0 Å². The molecule has 1 amide bonds. The number of hydrogen-bond acceptors (Lipinski definition) is 3. The Hall–Kier alpha value is -3.93. The van der Waals surface area contributed by atoms with Gasteiger partial charge in [-0.25, -0.2) is 4.79 Å². The summed E-state index contributed by atoms with van der Waals surface area (Å²) in [4.78, 5) is 37.3. The van der Waals surface area contributed by atoms with Gasteiger partial charge in [0.1, 0.15) is 6.04 Å². The van der Waals surface area contributed by atoms with E-state index in [9.17, 15) is 24.6 Å². The second kappa shape index (κ2) is 13.1. The van der Waals surface area contributed by atoms with E-state index < -0.39 is 35.7 Å². The van der Waals surface area contributed by atoms with Crippen LogP contribution in [0.2, 0.25) is 0 Å². The molecule has 0 aliphatic carbocycles. The van der Waals surface area contributed by atoms with Crippen molar-refractivity contribution in [2.75, 3.05) is 0 Å². The van der Waals surface area contributed by atoms with Crippen LogP contribution in [0.25, 0.3) is 0 Å². The Morgan fingerprint density at radius 2 is 1.09 bits per heavy atom. The molecule has 0 aliphatic rings. The lowest BCUT2D eigenvalue weighted by Crippen LogP contribution is -2.45. The highest BCUT2D eigenvalue weighted by Crippen LogP contribution is 2.22. The number of carbonyl (C=O) groups is 3. The first kappa shape index (κ1) is 25.7. The molecule has 0 bridgehead atoms. The zero-order valence-corrected chi connectivity index (χ0v) is 19.5. The number of nitrogens with one attached hydrogen (secondary N) is 1. The summed E-state index contributed by atoms with van der Waals surface area (Å²) in [6.45, 7) is 0. The van der Waals surface area contributed by atoms with Crippen molar-refractivity contribution in [2.45, 2.75) is 38.1 Å². The Morgan fingerprint density at radius 3 is 1.54 bits per heavy atom. The summed E-state index contributed by atoms with van der Waals surface area (Å²) in [5.74, 6) is -3.97. The number of aryl methyl sites for hydroxylation is 1. The maximum atomic E-state index is 13.3. The van der Waals surface area contributed by atoms with Gasteiger partial charge in [-0.15, -0.1) is 0 Å². The highest BCUT2D eigenvalue weighted by atomic mass is 16.4. The number of carboxylic acids is 2. The van der Waals surface area contributed by atoms with Crippen LogP contribution in [-0.2, 0) is 33.6 Å². The van der Waals surface area contributed by atoms with Crippen LogP contribution in [0.15, 0.2) is 91.0 Å². The predicted octanol–water partition coefficient (Wildman–Crippen LogP) is 4.38. The summed E-state index contributed by atoms with van der Waals surface area (Å²) >= 11 is 0. The molecule has 182 valence electrons. The smallest absolute Gasteiger partial charge is 0.326 e. The van der Waals surface area contributed by atoms with E-state index in [4.69, 9.17) is 0 Å². The largest absolute Gasteiger partial charge is 0.481 e. The van der Waals surface area contributed by atoms with Gasteiger partial charge in [0.15, 0.2) is 0 Å². The molecule has 0 radical (unpaired) electrons. The van der Waals surface area contributed by atoms with E-state index in [-0.39, 0.29) is 12.8 Å². The van der Waals surface area contributed by atoms with Crippen LogP contribution in [-0.4, -0.2) is 34.1 Å². The fraction of sp³-hybridized carbons (Fsp3) is 0.276. The van der Waals surface area contributed by atoms with Crippen LogP contribution in [0, 0.1) is 11.8 Å². The van der Waals surface area contributed by atoms with E-state index in [0.29, 0.717) is 19.3 Å². The second-order valence-corrected chi connectivity index (χ2v) is 8.77. The summed E-state index contributed by atoms with van der Waals surface area (Å²) < 4.78 is 0. The minimum absolute atomic E-state index is 0.107. The van der Waals surface area contributed by atoms with Gasteiger partial charge >= 0.3 is 11.9 Å². The van der Waals surface area contributed by atoms with Gasteiger partial charge in [0.2, 0.25) is 5.91 Å². The first-order chi connectivity index (χ1) is 16.9. The minimum atomic E-state index is -1.10. The molecule has 3 aromatic rings. The third kappa shape index (κ3) is 8.41. The third-order valence-electron chi connectivity index (χ3n) is 6.12. The SMILES string of the molecule is O=C(O)[C@H](Cc1ccccc1)C[C@@H](Cc1ccccc1)C(=O)N[C@@H](CCc1ccccc1)C(=O)O. The molecule has 6 heteroatoms. The lowest BCUT2D eigenvalue weighted by molar-refractivity contribution is -0.145. The van der Waals surface area contributed by atoms with Gasteiger partial charge in [0.05, 0.1) is 5.92 Å². The van der Waals surface area contributed by atoms with Crippen molar-refractivity contribution in [1.82, 2.24) is 5.32 Å². The molecule has 0 saturated carbocycles. The summed E-state index contributed by atoms with van der Waals surface area (Å²) in [7, 11) is 0. The highest BCUT2D eigenvalue weighted by Gasteiger charge is 2.30. The Kier molecular flexibility index (Phi) is 9.60. The number of rotatable bonds is 13. The molecule has 0 aliphatic heterocycles. The number of carbonyl (C=O) groups excluding carboxylic acids is 1. The van der Waals surface area contributed by atoms with Crippen molar-refractivity contribution < 1.29 is 24.6 Å². The highest BCUT2D eigenvalue weighted by molar-refractivity contribution is 5.85. The molecular weight excluding hydrogens is 442 g/mol. The molecule has 3 rings (SSSR count). The van der Waals surface area contributed by atoms with Crippen molar-refractivity contribution in [3.63, 3.8) is 0 Å². The van der Waals surface area contributed by atoms with E-state index in [1.807, 2.05) is 91.0 Å². The average molecular weight is 474 g/mol. The Morgan fingerprint density at radius 1 is 0.629 bits per heavy atom. The molecule has 3 atom stereocenters. The van der Waals surface area contributed by atoms with Gasteiger partial charge < -0.3 is 15.5 Å². The third-order valence-corrected chi connectivity index (χ3v) is 6.12. The Bertz CT molecular complexity index is 1090. The topological polar surface area (TPSA) is 104 Å². The van der Waals surface area contributed by atoms with E-state index in [1.165, 1.54) is 0 Å². The maximum absolute atomic E-state index is 13.3. The van der Waals surface area contributed by atoms with Gasteiger partial charge in [-0.2, -0.15) is 0 Å². The number of carboxylic acid groups (broad SMARTS) is 2. The molecule has 0 aromatic heterocycles. The molecule has 3 N–H and O–H groups in total. The molecule has 6 nitrogen and oxygen atoms in total. The van der Waals surface area contributed by atoms with E-state index >= 15 is 0 Å². The van der Waals surface area contributed by atoms with Crippen LogP contribution in [0.3, 0.4) is 0 Å². The van der Waals surface area contributed by atoms with Crippen LogP contribution in [0.1, 0.15) is 29.5 Å². The van der Waals surface area contributed by atoms with Crippen LogP contribution < -0.4 is 5.32 Å². The van der Waals surface area contributed by atoms with E-state index in [1.54, 1.807) is 0 Å². The molecule has 35 heavy (non-hydrogen) atoms. The first-order valence-corrected chi connectivity index (χ1v) is 11.8. The fourth-order valence-corrected chi connectivity index (χ4v) is 4.20. The summed E-state index contributed by atoms with van der Waals surface area (Å²) in [5, 5.41) is 22.3. The Labute approximate surface area is 205 Å². The first-order valence-electron chi connectivity index (χ1n) is 11.8. The Balaban J connectivity index is 1.75. The summed E-state index contributed by atoms with van der Waals surface area (Å²) in [5.41, 5.74) is 2.76. The molecule has 0 spiro atoms. The molecule has 0 fully saturated rings. The fourth-order valence-electron chi connectivity index (χ4n) is 4.20. The van der Waals surface area contributed by atoms with Crippen molar-refractivity contribution >= 4 is 17.8 Å². The molecule has 0 unspecified atom stereocenters. The average Bonchev–Trinajstić information content (AvgIpc) is 2.87. The van der Waals surface area contributed by atoms with Gasteiger partial charge in [-0.3, -0.25) is 9.59 Å². The van der Waals surface area contributed by atoms with Crippen LogP contribution in [0.5, 0.6) is 0 Å². The number of amides is 1. The standard InChI is InChI=1S/C29H31NO5/c31-27(30-26(29(34)35)17-16-21-10-4-1-5-11-21)24(18-22-12-6-2-7-13-22)20-25(28(32)33)19-23-14-8-3-9-15-23/h1-15,24-26H,16-20H2,(H,30,31)(H,32,33)(H,34,35)/t24-,25-,26+/m1/s1. The quantitative estimate of drug-likeness (QED) is 0.342. The van der Waals surface area contributed by atoms with Crippen LogP contribution >= 0.6 is 0 Å². The lowest BCUT2D eigenvalue weighted by atomic mass is 9.85. The zero-order chi connectivity index (χ0) is 25.0. The number of benzene rings is 3. The van der Waals surface area contributed by atoms with Gasteiger partial charge in [0.25, 0.3) is 0 Å². The van der Waals surface area contributed by atoms with Crippen molar-refractivity contribution in [1.29, 1.82) is 0 Å². The molecule has 0 saturated heterocycles. The summed E-state index contributed by atoms with van der Waals surface area (Å²) in [6, 6.07) is 27.1. The van der Waals surface area contributed by atoms with Crippen LogP contribution in [0.4, 0.5) is 0 Å². The predicted molar refractivity (Wildman–Crippen MR) is 134 cm³/mol. The zero-order valence-electron chi connectivity index (χ0n) is 19.5. The van der Waals surface area contributed by atoms with Crippen molar-refractivity contribution in [3.8, 4) is 0 Å². The van der Waals surface area contributed by atoms with Gasteiger partial charge in [-0.05, 0) is 48.8 Å². The van der Waals surface area contributed by atoms with E-state index in [2.05, 4.69) is 5.32 Å². The van der Waals surface area contributed by atoms with E-state index in [0.717, 1.165) is 16.7 Å². The monoisotopic (exact) mass is 473 g/mol. The second-order valence-electron chi connectivity index (χ2n) is 8.77. The molecular formula is C29H31NO5. The normalized spacial score (nSPS) is 13.4. The minimum Gasteiger partial charge on any atom is -0.481 e. The lowest BCUT2D eigenvalue weighted by Gasteiger charge is -2.23. The number of hydrogen-bond donors (Lipinski definition) is 3. The molecule has 0 heterocycles.